The van der Waals surface area contributed by atoms with Crippen LogP contribution >= 0.6 is 15.9 Å². The lowest BCUT2D eigenvalue weighted by Crippen LogP contribution is -2.04. The molecule has 2 N–H and O–H groups in total. The average molecular weight is 330 g/mol. The Kier molecular flexibility index (Phi) is 3.05. The number of anilines is 1. The molecule has 3 nitrogen and oxygen atoms in total. The number of hydrogen-bond donors (Lipinski definition) is 1. The van der Waals surface area contributed by atoms with E-state index in [2.05, 4.69) is 72.0 Å². The van der Waals surface area contributed by atoms with Gasteiger partial charge in [0.2, 0.25) is 5.95 Å². The zero-order chi connectivity index (χ0) is 14.4. The normalized spacial score (nSPS) is 11.2. The monoisotopic (exact) mass is 329 g/mol. The second-order valence-corrected chi connectivity index (χ2v) is 6.10. The van der Waals surface area contributed by atoms with E-state index in [0.29, 0.717) is 5.95 Å². The predicted octanol–water partition coefficient (Wildman–Crippen LogP) is 4.30. The van der Waals surface area contributed by atoms with Crippen molar-refractivity contribution >= 4 is 32.9 Å². The molecule has 0 saturated carbocycles. The molecule has 0 unspecified atom stereocenters. The molecule has 0 spiro atoms. The van der Waals surface area contributed by atoms with Crippen molar-refractivity contribution < 1.29 is 0 Å². The minimum atomic E-state index is 0.527. The van der Waals surface area contributed by atoms with E-state index in [1.165, 1.54) is 16.7 Å². The zero-order valence-corrected chi connectivity index (χ0v) is 13.3. The molecule has 3 aromatic rings. The molecule has 0 aliphatic heterocycles. The van der Waals surface area contributed by atoms with E-state index < -0.39 is 0 Å². The number of nitrogens with two attached hydrogens (primary N) is 1. The maximum absolute atomic E-state index is 6.15. The summed E-state index contributed by atoms with van der Waals surface area (Å²) < 4.78 is 3.11. The van der Waals surface area contributed by atoms with Gasteiger partial charge in [0.05, 0.1) is 16.7 Å². The Hall–Kier alpha value is -1.81. The number of fused-ring (bicyclic) bond motifs is 1. The van der Waals surface area contributed by atoms with Crippen molar-refractivity contribution in [2.45, 2.75) is 20.8 Å². The summed E-state index contributed by atoms with van der Waals surface area (Å²) in [4.78, 5) is 4.48. The summed E-state index contributed by atoms with van der Waals surface area (Å²) in [5.41, 5.74) is 12.8. The molecule has 0 atom stereocenters. The Morgan fingerprint density at radius 1 is 1.05 bits per heavy atom. The van der Waals surface area contributed by atoms with Gasteiger partial charge in [-0.1, -0.05) is 22.0 Å². The fourth-order valence-corrected chi connectivity index (χ4v) is 3.39. The molecule has 102 valence electrons. The van der Waals surface area contributed by atoms with Crippen LogP contribution in [0, 0.1) is 20.8 Å². The Balaban J connectivity index is 2.38. The third-order valence-electron chi connectivity index (χ3n) is 3.52. The van der Waals surface area contributed by atoms with Crippen molar-refractivity contribution in [3.05, 3.63) is 51.5 Å². The summed E-state index contributed by atoms with van der Waals surface area (Å²) in [6, 6.07) is 10.4. The number of aromatic nitrogens is 2. The highest BCUT2D eigenvalue weighted by atomic mass is 79.9. The average Bonchev–Trinajstić information content (AvgIpc) is 2.64. The number of nitrogen functional groups attached to an aromatic ring is 1. The van der Waals surface area contributed by atoms with Crippen molar-refractivity contribution in [1.29, 1.82) is 0 Å². The summed E-state index contributed by atoms with van der Waals surface area (Å²) in [5, 5.41) is 0. The van der Waals surface area contributed by atoms with Crippen LogP contribution in [0.5, 0.6) is 0 Å². The minimum Gasteiger partial charge on any atom is -0.369 e. The van der Waals surface area contributed by atoms with E-state index in [1.54, 1.807) is 0 Å². The van der Waals surface area contributed by atoms with Crippen molar-refractivity contribution in [2.24, 2.45) is 0 Å². The van der Waals surface area contributed by atoms with Crippen molar-refractivity contribution in [2.75, 3.05) is 5.73 Å². The van der Waals surface area contributed by atoms with Crippen LogP contribution in [0.3, 0.4) is 0 Å². The summed E-state index contributed by atoms with van der Waals surface area (Å²) in [6.45, 7) is 6.24. The highest BCUT2D eigenvalue weighted by Crippen LogP contribution is 2.30. The van der Waals surface area contributed by atoms with Gasteiger partial charge in [0.25, 0.3) is 0 Å². The predicted molar refractivity (Wildman–Crippen MR) is 87.4 cm³/mol. The molecule has 1 heterocycles. The first-order chi connectivity index (χ1) is 9.47. The van der Waals surface area contributed by atoms with Crippen LogP contribution in [0.25, 0.3) is 16.7 Å². The van der Waals surface area contributed by atoms with Crippen LogP contribution in [-0.2, 0) is 0 Å². The zero-order valence-electron chi connectivity index (χ0n) is 11.7. The summed E-state index contributed by atoms with van der Waals surface area (Å²) >= 11 is 3.53. The molecule has 4 heteroatoms. The summed E-state index contributed by atoms with van der Waals surface area (Å²) in [6.07, 6.45) is 0. The van der Waals surface area contributed by atoms with Gasteiger partial charge in [-0.15, -0.1) is 0 Å². The Bertz CT molecular complexity index is 795. The molecule has 0 aliphatic carbocycles. The Morgan fingerprint density at radius 2 is 1.70 bits per heavy atom. The molecule has 0 saturated heterocycles. The van der Waals surface area contributed by atoms with Crippen molar-refractivity contribution in [3.63, 3.8) is 0 Å². The summed E-state index contributed by atoms with van der Waals surface area (Å²) in [7, 11) is 0. The molecule has 0 bridgehead atoms. The van der Waals surface area contributed by atoms with Gasteiger partial charge < -0.3 is 5.73 Å². The van der Waals surface area contributed by atoms with Gasteiger partial charge in [-0.2, -0.15) is 0 Å². The third-order valence-corrected chi connectivity index (χ3v) is 3.97. The maximum atomic E-state index is 6.15. The smallest absolute Gasteiger partial charge is 0.205 e. The molecule has 2 aromatic carbocycles. The SMILES string of the molecule is Cc1ccc2c(c1)nc(N)n2-c1c(C)cc(Br)cc1C. The van der Waals surface area contributed by atoms with Gasteiger partial charge in [-0.25, -0.2) is 4.98 Å². The molecule has 3 rings (SSSR count). The Morgan fingerprint density at radius 3 is 2.35 bits per heavy atom. The third kappa shape index (κ3) is 2.00. The largest absolute Gasteiger partial charge is 0.369 e. The molecular formula is C16H16BrN3. The van der Waals surface area contributed by atoms with Crippen LogP contribution in [0.15, 0.2) is 34.8 Å². The fraction of sp³-hybridized carbons (Fsp3) is 0.188. The van der Waals surface area contributed by atoms with E-state index in [-0.39, 0.29) is 0 Å². The van der Waals surface area contributed by atoms with E-state index >= 15 is 0 Å². The number of halogens is 1. The molecule has 20 heavy (non-hydrogen) atoms. The quantitative estimate of drug-likeness (QED) is 0.723. The first-order valence-electron chi connectivity index (χ1n) is 6.49. The van der Waals surface area contributed by atoms with E-state index in [1.807, 2.05) is 4.57 Å². The number of benzene rings is 2. The van der Waals surface area contributed by atoms with Crippen molar-refractivity contribution in [1.82, 2.24) is 9.55 Å². The van der Waals surface area contributed by atoms with Gasteiger partial charge >= 0.3 is 0 Å². The lowest BCUT2D eigenvalue weighted by atomic mass is 10.1. The second-order valence-electron chi connectivity index (χ2n) is 5.19. The standard InChI is InChI=1S/C16H16BrN3/c1-9-4-5-14-13(6-9)19-16(18)20(14)15-10(2)7-12(17)8-11(15)3/h4-8H,1-3H3,(H2,18,19). The van der Waals surface area contributed by atoms with E-state index in [4.69, 9.17) is 5.73 Å². The van der Waals surface area contributed by atoms with Gasteiger partial charge in [0.1, 0.15) is 0 Å². The molecular weight excluding hydrogens is 314 g/mol. The van der Waals surface area contributed by atoms with Gasteiger partial charge in [0.15, 0.2) is 0 Å². The van der Waals surface area contributed by atoms with E-state index in [9.17, 15) is 0 Å². The first kappa shape index (κ1) is 13.2. The van der Waals surface area contributed by atoms with Crippen molar-refractivity contribution in [3.8, 4) is 5.69 Å². The lowest BCUT2D eigenvalue weighted by Gasteiger charge is -2.14. The highest BCUT2D eigenvalue weighted by molar-refractivity contribution is 9.10. The number of imidazole rings is 1. The maximum Gasteiger partial charge on any atom is 0.205 e. The first-order valence-corrected chi connectivity index (χ1v) is 7.28. The lowest BCUT2D eigenvalue weighted by molar-refractivity contribution is 1.07. The number of rotatable bonds is 1. The number of hydrogen-bond acceptors (Lipinski definition) is 2. The van der Waals surface area contributed by atoms with Gasteiger partial charge in [-0.05, 0) is 61.7 Å². The van der Waals surface area contributed by atoms with Crippen LogP contribution in [-0.4, -0.2) is 9.55 Å². The highest BCUT2D eigenvalue weighted by Gasteiger charge is 2.14. The molecule has 1 aromatic heterocycles. The van der Waals surface area contributed by atoms with Gasteiger partial charge in [-0.3, -0.25) is 4.57 Å². The molecule has 0 amide bonds. The van der Waals surface area contributed by atoms with Gasteiger partial charge in [0, 0.05) is 4.47 Å². The summed E-state index contributed by atoms with van der Waals surface area (Å²) in [5.74, 6) is 0.527. The number of aryl methyl sites for hydroxylation is 3. The van der Waals surface area contributed by atoms with Crippen LogP contribution in [0.2, 0.25) is 0 Å². The fourth-order valence-electron chi connectivity index (χ4n) is 2.70. The number of nitrogens with zero attached hydrogens (tertiary/aromatic N) is 2. The minimum absolute atomic E-state index is 0.527. The molecule has 0 aliphatic rings. The second kappa shape index (κ2) is 4.63. The van der Waals surface area contributed by atoms with Crippen LogP contribution in [0.1, 0.15) is 16.7 Å². The van der Waals surface area contributed by atoms with E-state index in [0.717, 1.165) is 21.2 Å². The molecule has 0 fully saturated rings. The van der Waals surface area contributed by atoms with Crippen LogP contribution in [0.4, 0.5) is 5.95 Å². The Labute approximate surface area is 126 Å². The molecule has 0 radical (unpaired) electrons. The topological polar surface area (TPSA) is 43.8 Å². The van der Waals surface area contributed by atoms with Crippen LogP contribution < -0.4 is 5.73 Å².